The van der Waals surface area contributed by atoms with Crippen molar-refractivity contribution in [2.75, 3.05) is 13.1 Å². The molecule has 1 fully saturated rings. The Hall–Kier alpha value is -1.43. The Morgan fingerprint density at radius 1 is 1.73 bits per heavy atom. The molecule has 2 unspecified atom stereocenters. The summed E-state index contributed by atoms with van der Waals surface area (Å²) in [4.78, 5) is 16.8. The second-order valence-corrected chi connectivity index (χ2v) is 3.95. The van der Waals surface area contributed by atoms with Crippen LogP contribution in [0.3, 0.4) is 0 Å². The van der Waals surface area contributed by atoms with Crippen molar-refractivity contribution in [2.45, 2.75) is 13.5 Å². The van der Waals surface area contributed by atoms with Crippen molar-refractivity contribution < 1.29 is 14.4 Å². The Labute approximate surface area is 86.9 Å². The fourth-order valence-corrected chi connectivity index (χ4v) is 1.97. The average Bonchev–Trinajstić information content (AvgIpc) is 2.75. The van der Waals surface area contributed by atoms with Crippen LogP contribution in [0.1, 0.15) is 12.8 Å². The molecular formula is C9H13N3O3. The van der Waals surface area contributed by atoms with Gasteiger partial charge in [-0.3, -0.25) is 9.69 Å². The first-order chi connectivity index (χ1) is 7.16. The Morgan fingerprint density at radius 3 is 3.07 bits per heavy atom. The number of hydrogen-bond donors (Lipinski definition) is 1. The van der Waals surface area contributed by atoms with Gasteiger partial charge in [-0.25, -0.2) is 0 Å². The summed E-state index contributed by atoms with van der Waals surface area (Å²) in [6.07, 6.45) is 1.35. The molecule has 15 heavy (non-hydrogen) atoms. The largest absolute Gasteiger partial charge is 0.481 e. The molecule has 0 spiro atoms. The van der Waals surface area contributed by atoms with Gasteiger partial charge in [-0.15, -0.1) is 0 Å². The Balaban J connectivity index is 1.94. The lowest BCUT2D eigenvalue weighted by atomic mass is 9.99. The van der Waals surface area contributed by atoms with Crippen LogP contribution in [-0.2, 0) is 11.3 Å². The monoisotopic (exact) mass is 211 g/mol. The molecule has 1 aromatic rings. The molecule has 1 saturated heterocycles. The quantitative estimate of drug-likeness (QED) is 0.770. The van der Waals surface area contributed by atoms with Crippen LogP contribution in [0.25, 0.3) is 0 Å². The normalized spacial score (nSPS) is 27.0. The smallest absolute Gasteiger partial charge is 0.308 e. The molecule has 0 bridgehead atoms. The summed E-state index contributed by atoms with van der Waals surface area (Å²) in [5.41, 5.74) is 0. The van der Waals surface area contributed by atoms with Gasteiger partial charge < -0.3 is 9.63 Å². The molecule has 6 nitrogen and oxygen atoms in total. The van der Waals surface area contributed by atoms with Crippen LogP contribution < -0.4 is 0 Å². The van der Waals surface area contributed by atoms with Gasteiger partial charge in [0.25, 0.3) is 0 Å². The predicted octanol–water partition coefficient (Wildman–Crippen LogP) is 0.222. The second kappa shape index (κ2) is 3.98. The van der Waals surface area contributed by atoms with Crippen molar-refractivity contribution >= 4 is 5.97 Å². The molecule has 0 aliphatic carbocycles. The maximum atomic E-state index is 10.9. The number of carbonyl (C=O) groups is 1. The topological polar surface area (TPSA) is 79.5 Å². The van der Waals surface area contributed by atoms with Gasteiger partial charge in [-0.2, -0.15) is 4.98 Å². The minimum absolute atomic E-state index is 0.172. The van der Waals surface area contributed by atoms with Gasteiger partial charge in [0, 0.05) is 13.1 Å². The standard InChI is InChI=1S/C9H13N3O3/c1-6-2-12(3-7(6)9(13)14)4-8-10-5-11-15-8/h5-7H,2-4H2,1H3,(H,13,14). The first-order valence-electron chi connectivity index (χ1n) is 4.87. The van der Waals surface area contributed by atoms with E-state index in [1.165, 1.54) is 6.33 Å². The molecule has 6 heteroatoms. The third kappa shape index (κ3) is 2.15. The van der Waals surface area contributed by atoms with Gasteiger partial charge in [-0.05, 0) is 5.92 Å². The van der Waals surface area contributed by atoms with Crippen LogP contribution >= 0.6 is 0 Å². The van der Waals surface area contributed by atoms with Crippen molar-refractivity contribution in [3.8, 4) is 0 Å². The highest BCUT2D eigenvalue weighted by molar-refractivity contribution is 5.71. The summed E-state index contributed by atoms with van der Waals surface area (Å²) < 4.78 is 4.88. The highest BCUT2D eigenvalue weighted by Gasteiger charge is 2.35. The van der Waals surface area contributed by atoms with E-state index in [1.807, 2.05) is 11.8 Å². The van der Waals surface area contributed by atoms with Gasteiger partial charge >= 0.3 is 5.97 Å². The number of likely N-dealkylation sites (tertiary alicyclic amines) is 1. The lowest BCUT2D eigenvalue weighted by Gasteiger charge is -2.11. The molecule has 2 rings (SSSR count). The highest BCUT2D eigenvalue weighted by atomic mass is 16.5. The number of hydrogen-bond acceptors (Lipinski definition) is 5. The van der Waals surface area contributed by atoms with Crippen LogP contribution in [0.15, 0.2) is 10.9 Å². The fraction of sp³-hybridized carbons (Fsp3) is 0.667. The number of aromatic nitrogens is 2. The first kappa shape index (κ1) is 10.1. The zero-order chi connectivity index (χ0) is 10.8. The molecular weight excluding hydrogens is 198 g/mol. The molecule has 1 N–H and O–H groups in total. The predicted molar refractivity (Wildman–Crippen MR) is 49.9 cm³/mol. The van der Waals surface area contributed by atoms with E-state index in [2.05, 4.69) is 10.1 Å². The molecule has 0 saturated carbocycles. The summed E-state index contributed by atoms with van der Waals surface area (Å²) in [7, 11) is 0. The van der Waals surface area contributed by atoms with Crippen molar-refractivity contribution in [3.63, 3.8) is 0 Å². The minimum Gasteiger partial charge on any atom is -0.481 e. The lowest BCUT2D eigenvalue weighted by Crippen LogP contribution is -2.23. The first-order valence-corrected chi connectivity index (χ1v) is 4.87. The summed E-state index contributed by atoms with van der Waals surface area (Å²) in [5.74, 6) is -0.304. The summed E-state index contributed by atoms with van der Waals surface area (Å²) in [6, 6.07) is 0. The maximum absolute atomic E-state index is 10.9. The Bertz CT molecular complexity index is 338. The van der Waals surface area contributed by atoms with Crippen molar-refractivity contribution in [2.24, 2.45) is 11.8 Å². The van der Waals surface area contributed by atoms with E-state index in [1.54, 1.807) is 0 Å². The average molecular weight is 211 g/mol. The third-order valence-electron chi connectivity index (χ3n) is 2.77. The minimum atomic E-state index is -0.726. The number of carboxylic acid groups (broad SMARTS) is 1. The molecule has 1 aliphatic heterocycles. The van der Waals surface area contributed by atoms with E-state index in [4.69, 9.17) is 9.63 Å². The SMILES string of the molecule is CC1CN(Cc2ncno2)CC1C(=O)O. The van der Waals surface area contributed by atoms with Crippen LogP contribution in [-0.4, -0.2) is 39.2 Å². The molecule has 2 heterocycles. The van der Waals surface area contributed by atoms with Crippen LogP contribution in [0.5, 0.6) is 0 Å². The van der Waals surface area contributed by atoms with Gasteiger partial charge in [0.2, 0.25) is 5.89 Å². The highest BCUT2D eigenvalue weighted by Crippen LogP contribution is 2.24. The number of nitrogens with zero attached hydrogens (tertiary/aromatic N) is 3. The maximum Gasteiger partial charge on any atom is 0.308 e. The van der Waals surface area contributed by atoms with Gasteiger partial charge in [-0.1, -0.05) is 12.1 Å². The van der Waals surface area contributed by atoms with E-state index >= 15 is 0 Å². The fourth-order valence-electron chi connectivity index (χ4n) is 1.97. The van der Waals surface area contributed by atoms with E-state index in [-0.39, 0.29) is 11.8 Å². The summed E-state index contributed by atoms with van der Waals surface area (Å²) in [5, 5.41) is 12.5. The van der Waals surface area contributed by atoms with Gasteiger partial charge in [0.05, 0.1) is 12.5 Å². The van der Waals surface area contributed by atoms with Gasteiger partial charge in [0.15, 0.2) is 6.33 Å². The molecule has 2 atom stereocenters. The summed E-state index contributed by atoms with van der Waals surface area (Å²) >= 11 is 0. The van der Waals surface area contributed by atoms with Crippen LogP contribution in [0.2, 0.25) is 0 Å². The Morgan fingerprint density at radius 2 is 2.53 bits per heavy atom. The van der Waals surface area contributed by atoms with E-state index < -0.39 is 5.97 Å². The zero-order valence-corrected chi connectivity index (χ0v) is 8.46. The van der Waals surface area contributed by atoms with Gasteiger partial charge in [0.1, 0.15) is 0 Å². The van der Waals surface area contributed by atoms with Crippen LogP contribution in [0.4, 0.5) is 0 Å². The lowest BCUT2D eigenvalue weighted by molar-refractivity contribution is -0.142. The summed E-state index contributed by atoms with van der Waals surface area (Å²) in [6.45, 7) is 3.80. The molecule has 1 aromatic heterocycles. The number of rotatable bonds is 3. The third-order valence-corrected chi connectivity index (χ3v) is 2.77. The molecule has 0 radical (unpaired) electrons. The van der Waals surface area contributed by atoms with E-state index in [0.717, 1.165) is 6.54 Å². The molecule has 82 valence electrons. The molecule has 1 aliphatic rings. The molecule has 0 aromatic carbocycles. The number of aliphatic carboxylic acids is 1. The van der Waals surface area contributed by atoms with Crippen molar-refractivity contribution in [1.82, 2.24) is 15.0 Å². The van der Waals surface area contributed by atoms with E-state index in [9.17, 15) is 4.79 Å². The van der Waals surface area contributed by atoms with Crippen molar-refractivity contribution in [1.29, 1.82) is 0 Å². The zero-order valence-electron chi connectivity index (χ0n) is 8.46. The van der Waals surface area contributed by atoms with Crippen molar-refractivity contribution in [3.05, 3.63) is 12.2 Å². The Kier molecular flexibility index (Phi) is 2.68. The van der Waals surface area contributed by atoms with E-state index in [0.29, 0.717) is 19.0 Å². The molecule has 0 amide bonds. The second-order valence-electron chi connectivity index (χ2n) is 3.95. The van der Waals surface area contributed by atoms with Crippen LogP contribution in [0, 0.1) is 11.8 Å². The number of carboxylic acids is 1.